The van der Waals surface area contributed by atoms with Gasteiger partial charge in [0.05, 0.1) is 0 Å². The second-order valence-corrected chi connectivity index (χ2v) is 1.96. The minimum Gasteiger partial charge on any atom is -0.370 e. The summed E-state index contributed by atoms with van der Waals surface area (Å²) in [5.74, 6) is 1.70. The van der Waals surface area contributed by atoms with Gasteiger partial charge in [0, 0.05) is 12.6 Å². The third-order valence-corrected chi connectivity index (χ3v) is 1.39. The predicted octanol–water partition coefficient (Wildman–Crippen LogP) is 1.33. The monoisotopic (exact) mass is 126 g/mol. The van der Waals surface area contributed by atoms with Gasteiger partial charge in [0.1, 0.15) is 5.76 Å². The lowest BCUT2D eigenvalue weighted by Gasteiger charge is -1.89. The van der Waals surface area contributed by atoms with E-state index >= 15 is 0 Å². The predicted molar refractivity (Wildman–Crippen MR) is 35.5 cm³/mol. The van der Waals surface area contributed by atoms with Gasteiger partial charge in [0.15, 0.2) is 5.82 Å². The second kappa shape index (κ2) is 2.09. The Morgan fingerprint density at radius 3 is 2.33 bits per heavy atom. The van der Waals surface area contributed by atoms with Crippen molar-refractivity contribution in [1.82, 2.24) is 5.16 Å². The molecule has 3 nitrogen and oxygen atoms in total. The molecule has 0 fully saturated rings. The van der Waals surface area contributed by atoms with Gasteiger partial charge in [-0.25, -0.2) is 0 Å². The van der Waals surface area contributed by atoms with E-state index in [1.165, 1.54) is 0 Å². The smallest absolute Gasteiger partial charge is 0.172 e. The zero-order valence-electron chi connectivity index (χ0n) is 5.86. The van der Waals surface area contributed by atoms with Crippen molar-refractivity contribution in [2.75, 3.05) is 12.4 Å². The van der Waals surface area contributed by atoms with Gasteiger partial charge in [-0.1, -0.05) is 5.16 Å². The van der Waals surface area contributed by atoms with Gasteiger partial charge in [0.2, 0.25) is 0 Å². The molecule has 3 heteroatoms. The van der Waals surface area contributed by atoms with Gasteiger partial charge in [-0.2, -0.15) is 0 Å². The van der Waals surface area contributed by atoms with Crippen molar-refractivity contribution < 1.29 is 4.52 Å². The molecule has 0 aromatic carbocycles. The fraction of sp³-hybridized carbons (Fsp3) is 0.500. The van der Waals surface area contributed by atoms with Crippen LogP contribution >= 0.6 is 0 Å². The number of nitrogens with one attached hydrogen (secondary N) is 1. The Morgan fingerprint density at radius 1 is 1.44 bits per heavy atom. The molecule has 0 aliphatic heterocycles. The lowest BCUT2D eigenvalue weighted by atomic mass is 10.3. The Balaban J connectivity index is 3.04. The maximum absolute atomic E-state index is 4.87. The molecule has 0 aliphatic rings. The molecule has 0 radical (unpaired) electrons. The van der Waals surface area contributed by atoms with Gasteiger partial charge >= 0.3 is 0 Å². The summed E-state index contributed by atoms with van der Waals surface area (Å²) in [4.78, 5) is 0. The van der Waals surface area contributed by atoms with Crippen LogP contribution in [0.3, 0.4) is 0 Å². The quantitative estimate of drug-likeness (QED) is 0.617. The van der Waals surface area contributed by atoms with Crippen molar-refractivity contribution >= 4 is 5.82 Å². The molecule has 0 bridgehead atoms. The van der Waals surface area contributed by atoms with Crippen LogP contribution in [0.15, 0.2) is 4.52 Å². The van der Waals surface area contributed by atoms with Crippen LogP contribution in [0.5, 0.6) is 0 Å². The summed E-state index contributed by atoms with van der Waals surface area (Å²) >= 11 is 0. The molecule has 1 rings (SSSR count). The van der Waals surface area contributed by atoms with Gasteiger partial charge in [-0.15, -0.1) is 0 Å². The second-order valence-electron chi connectivity index (χ2n) is 1.96. The maximum Gasteiger partial charge on any atom is 0.172 e. The normalized spacial score (nSPS) is 9.67. The first-order valence-electron chi connectivity index (χ1n) is 2.86. The number of hydrogen-bond donors (Lipinski definition) is 1. The first-order chi connectivity index (χ1) is 4.25. The molecule has 0 aliphatic carbocycles. The van der Waals surface area contributed by atoms with E-state index in [-0.39, 0.29) is 0 Å². The maximum atomic E-state index is 4.87. The molecule has 0 spiro atoms. The summed E-state index contributed by atoms with van der Waals surface area (Å²) in [5.41, 5.74) is 1.08. The van der Waals surface area contributed by atoms with Crippen molar-refractivity contribution in [3.8, 4) is 0 Å². The topological polar surface area (TPSA) is 38.1 Å². The zero-order valence-corrected chi connectivity index (χ0v) is 5.86. The third-order valence-electron chi connectivity index (χ3n) is 1.39. The Labute approximate surface area is 54.0 Å². The van der Waals surface area contributed by atoms with Gasteiger partial charge in [0.25, 0.3) is 0 Å². The summed E-state index contributed by atoms with van der Waals surface area (Å²) in [6.45, 7) is 3.86. The van der Waals surface area contributed by atoms with E-state index in [2.05, 4.69) is 10.5 Å². The molecular weight excluding hydrogens is 116 g/mol. The lowest BCUT2D eigenvalue weighted by molar-refractivity contribution is 0.399. The van der Waals surface area contributed by atoms with Crippen LogP contribution in [-0.4, -0.2) is 12.2 Å². The molecule has 0 atom stereocenters. The SMILES string of the molecule is CNc1noc(C)c1C. The average molecular weight is 126 g/mol. The lowest BCUT2D eigenvalue weighted by Crippen LogP contribution is -1.89. The molecule has 0 saturated heterocycles. The Hall–Kier alpha value is -0.990. The Morgan fingerprint density at radius 2 is 2.11 bits per heavy atom. The minimum atomic E-state index is 0.826. The van der Waals surface area contributed by atoms with Crippen LogP contribution < -0.4 is 5.32 Å². The van der Waals surface area contributed by atoms with E-state index in [0.29, 0.717) is 0 Å². The first kappa shape index (κ1) is 6.13. The molecule has 0 unspecified atom stereocenters. The van der Waals surface area contributed by atoms with E-state index in [0.717, 1.165) is 17.1 Å². The number of rotatable bonds is 1. The highest BCUT2D eigenvalue weighted by Crippen LogP contribution is 2.14. The largest absolute Gasteiger partial charge is 0.370 e. The highest BCUT2D eigenvalue weighted by molar-refractivity contribution is 5.42. The Kier molecular flexibility index (Phi) is 1.42. The summed E-state index contributed by atoms with van der Waals surface area (Å²) in [5, 5.41) is 6.66. The highest BCUT2D eigenvalue weighted by Gasteiger charge is 2.03. The summed E-state index contributed by atoms with van der Waals surface area (Å²) < 4.78 is 4.87. The third kappa shape index (κ3) is 0.896. The van der Waals surface area contributed by atoms with Crippen LogP contribution in [0, 0.1) is 13.8 Å². The van der Waals surface area contributed by atoms with Crippen molar-refractivity contribution in [2.24, 2.45) is 0 Å². The number of hydrogen-bond acceptors (Lipinski definition) is 3. The summed E-state index contributed by atoms with van der Waals surface area (Å²) in [7, 11) is 1.82. The minimum absolute atomic E-state index is 0.826. The molecule has 50 valence electrons. The van der Waals surface area contributed by atoms with Crippen molar-refractivity contribution in [3.63, 3.8) is 0 Å². The van der Waals surface area contributed by atoms with E-state index in [4.69, 9.17) is 4.52 Å². The molecule has 0 saturated carbocycles. The van der Waals surface area contributed by atoms with Crippen molar-refractivity contribution in [3.05, 3.63) is 11.3 Å². The summed E-state index contributed by atoms with van der Waals surface area (Å²) in [6, 6.07) is 0. The molecule has 9 heavy (non-hydrogen) atoms. The highest BCUT2D eigenvalue weighted by atomic mass is 16.5. The fourth-order valence-electron chi connectivity index (χ4n) is 0.651. The van der Waals surface area contributed by atoms with Crippen LogP contribution in [0.4, 0.5) is 5.82 Å². The fourth-order valence-corrected chi connectivity index (χ4v) is 0.651. The zero-order chi connectivity index (χ0) is 6.85. The number of aryl methyl sites for hydroxylation is 1. The molecular formula is C6H10N2O. The van der Waals surface area contributed by atoms with Crippen LogP contribution in [-0.2, 0) is 0 Å². The van der Waals surface area contributed by atoms with E-state index < -0.39 is 0 Å². The van der Waals surface area contributed by atoms with E-state index in [9.17, 15) is 0 Å². The molecule has 1 heterocycles. The number of aromatic nitrogens is 1. The molecule has 1 aromatic heterocycles. The average Bonchev–Trinajstić information content (AvgIpc) is 2.15. The van der Waals surface area contributed by atoms with Gasteiger partial charge < -0.3 is 9.84 Å². The number of anilines is 1. The van der Waals surface area contributed by atoms with Crippen LogP contribution in [0.25, 0.3) is 0 Å². The van der Waals surface area contributed by atoms with Gasteiger partial charge in [-0.05, 0) is 13.8 Å². The summed E-state index contributed by atoms with van der Waals surface area (Å²) in [6.07, 6.45) is 0. The number of nitrogens with zero attached hydrogens (tertiary/aromatic N) is 1. The molecule has 0 amide bonds. The van der Waals surface area contributed by atoms with E-state index in [1.807, 2.05) is 20.9 Å². The first-order valence-corrected chi connectivity index (χ1v) is 2.86. The van der Waals surface area contributed by atoms with Crippen molar-refractivity contribution in [2.45, 2.75) is 13.8 Å². The van der Waals surface area contributed by atoms with Crippen molar-refractivity contribution in [1.29, 1.82) is 0 Å². The van der Waals surface area contributed by atoms with E-state index in [1.54, 1.807) is 0 Å². The van der Waals surface area contributed by atoms with Gasteiger partial charge in [-0.3, -0.25) is 0 Å². The van der Waals surface area contributed by atoms with Crippen LogP contribution in [0.1, 0.15) is 11.3 Å². The molecule has 1 N–H and O–H groups in total. The van der Waals surface area contributed by atoms with Crippen LogP contribution in [0.2, 0.25) is 0 Å². The molecule has 1 aromatic rings. The standard InChI is InChI=1S/C6H10N2O/c1-4-5(2)9-8-6(4)7-3/h1-3H3,(H,7,8). The Bertz CT molecular complexity index is 205.